The number of benzene rings is 1. The summed E-state index contributed by atoms with van der Waals surface area (Å²) < 4.78 is 36.6. The van der Waals surface area contributed by atoms with E-state index in [0.717, 1.165) is 0 Å². The summed E-state index contributed by atoms with van der Waals surface area (Å²) in [4.78, 5) is 15.5. The highest BCUT2D eigenvalue weighted by Crippen LogP contribution is 2.37. The number of hydrogen-bond acceptors (Lipinski definition) is 4. The molecule has 0 aliphatic heterocycles. The fraction of sp³-hybridized carbons (Fsp3) is 0.167. The minimum Gasteiger partial charge on any atom is -0.476 e. The van der Waals surface area contributed by atoms with Crippen LogP contribution in [0.5, 0.6) is 0 Å². The molecule has 1 N–H and O–H groups in total. The fourth-order valence-corrected chi connectivity index (χ4v) is 2.97. The highest BCUT2D eigenvalue weighted by molar-refractivity contribution is 8.00. The molecule has 0 atom stereocenters. The molecule has 0 spiro atoms. The predicted octanol–water partition coefficient (Wildman–Crippen LogP) is 4.43. The number of aryl methyl sites for hydroxylation is 1. The first-order chi connectivity index (χ1) is 9.26. The lowest BCUT2D eigenvalue weighted by Crippen LogP contribution is -1.99. The van der Waals surface area contributed by atoms with Crippen molar-refractivity contribution in [1.82, 2.24) is 4.98 Å². The summed E-state index contributed by atoms with van der Waals surface area (Å²) in [5.74, 6) is -1.12. The average molecular weight is 319 g/mol. The van der Waals surface area contributed by atoms with Gasteiger partial charge in [0.05, 0.1) is 0 Å². The summed E-state index contributed by atoms with van der Waals surface area (Å²) in [6, 6.07) is 5.67. The normalized spacial score (nSPS) is 11.6. The smallest absolute Gasteiger partial charge is 0.446 e. The first kappa shape index (κ1) is 14.9. The third-order valence-corrected chi connectivity index (χ3v) is 4.09. The number of alkyl halides is 3. The lowest BCUT2D eigenvalue weighted by atomic mass is 10.2. The highest BCUT2D eigenvalue weighted by atomic mass is 32.2. The second kappa shape index (κ2) is 5.45. The summed E-state index contributed by atoms with van der Waals surface area (Å²) in [5, 5.41) is 9.39. The van der Waals surface area contributed by atoms with Gasteiger partial charge in [-0.3, -0.25) is 0 Å². The van der Waals surface area contributed by atoms with E-state index in [-0.39, 0.29) is 22.4 Å². The molecule has 1 aromatic heterocycles. The molecule has 0 saturated heterocycles. The Morgan fingerprint density at radius 3 is 2.35 bits per heavy atom. The lowest BCUT2D eigenvalue weighted by molar-refractivity contribution is -0.0328. The summed E-state index contributed by atoms with van der Waals surface area (Å²) in [7, 11) is 0. The molecule has 0 unspecified atom stereocenters. The van der Waals surface area contributed by atoms with E-state index in [4.69, 9.17) is 5.11 Å². The number of aromatic carboxylic acids is 1. The van der Waals surface area contributed by atoms with E-state index >= 15 is 0 Å². The number of nitrogens with zero attached hydrogens (tertiary/aromatic N) is 1. The second-order valence-corrected chi connectivity index (χ2v) is 6.14. The Hall–Kier alpha value is -1.54. The van der Waals surface area contributed by atoms with Gasteiger partial charge in [-0.25, -0.2) is 9.78 Å². The predicted molar refractivity (Wildman–Crippen MR) is 71.2 cm³/mol. The quantitative estimate of drug-likeness (QED) is 0.850. The maximum atomic E-state index is 12.2. The van der Waals surface area contributed by atoms with Gasteiger partial charge in [0.15, 0.2) is 5.69 Å². The molecule has 3 nitrogen and oxygen atoms in total. The first-order valence-corrected chi connectivity index (χ1v) is 6.96. The first-order valence-electron chi connectivity index (χ1n) is 5.33. The zero-order valence-corrected chi connectivity index (χ0v) is 11.7. The third-order valence-electron chi connectivity index (χ3n) is 2.33. The Morgan fingerprint density at radius 1 is 1.30 bits per heavy atom. The van der Waals surface area contributed by atoms with Crippen molar-refractivity contribution < 1.29 is 23.1 Å². The number of rotatable bonds is 3. The highest BCUT2D eigenvalue weighted by Gasteiger charge is 2.29. The Kier molecular flexibility index (Phi) is 4.05. The van der Waals surface area contributed by atoms with Crippen LogP contribution in [0, 0.1) is 6.92 Å². The van der Waals surface area contributed by atoms with Crippen LogP contribution in [-0.2, 0) is 0 Å². The summed E-state index contributed by atoms with van der Waals surface area (Å²) in [6.45, 7) is 1.64. The number of carboxylic acid groups (broad SMARTS) is 1. The van der Waals surface area contributed by atoms with Crippen LogP contribution in [0.1, 0.15) is 15.4 Å². The molecule has 1 heterocycles. The summed E-state index contributed by atoms with van der Waals surface area (Å²) in [6.07, 6.45) is 0. The van der Waals surface area contributed by atoms with E-state index in [9.17, 15) is 18.0 Å². The molecule has 0 fully saturated rings. The van der Waals surface area contributed by atoms with Crippen LogP contribution < -0.4 is 0 Å². The van der Waals surface area contributed by atoms with Crippen LogP contribution in [-0.4, -0.2) is 21.6 Å². The molecular formula is C12H8F3NO2S2. The van der Waals surface area contributed by atoms with Crippen molar-refractivity contribution in [2.75, 3.05) is 0 Å². The van der Waals surface area contributed by atoms with Gasteiger partial charge in [-0.15, -0.1) is 11.3 Å². The van der Waals surface area contributed by atoms with Gasteiger partial charge in [-0.2, -0.15) is 13.2 Å². The Labute approximate surface area is 120 Å². The zero-order chi connectivity index (χ0) is 14.9. The van der Waals surface area contributed by atoms with Gasteiger partial charge >= 0.3 is 11.5 Å². The number of thioether (sulfide) groups is 1. The molecular weight excluding hydrogens is 311 g/mol. The van der Waals surface area contributed by atoms with Crippen molar-refractivity contribution in [3.05, 3.63) is 34.8 Å². The summed E-state index contributed by atoms with van der Waals surface area (Å²) in [5.41, 5.74) is -3.76. The second-order valence-electron chi connectivity index (χ2n) is 3.80. The van der Waals surface area contributed by atoms with E-state index in [1.54, 1.807) is 6.92 Å². The maximum Gasteiger partial charge on any atom is 0.446 e. The number of halogens is 3. The van der Waals surface area contributed by atoms with Crippen LogP contribution in [0.4, 0.5) is 13.2 Å². The molecule has 2 rings (SSSR count). The molecule has 1 aromatic carbocycles. The Bertz CT molecular complexity index is 635. The van der Waals surface area contributed by atoms with Crippen molar-refractivity contribution in [3.63, 3.8) is 0 Å². The SMILES string of the molecule is Cc1sc(-c2ccc(SC(F)(F)F)cc2)nc1C(=O)O. The molecule has 0 amide bonds. The number of carboxylic acids is 1. The molecule has 20 heavy (non-hydrogen) atoms. The molecule has 0 aliphatic carbocycles. The van der Waals surface area contributed by atoms with E-state index in [1.807, 2.05) is 0 Å². The topological polar surface area (TPSA) is 50.2 Å². The van der Waals surface area contributed by atoms with Crippen LogP contribution in [0.25, 0.3) is 10.6 Å². The van der Waals surface area contributed by atoms with Crippen LogP contribution in [0.3, 0.4) is 0 Å². The van der Waals surface area contributed by atoms with Gasteiger partial charge in [-0.1, -0.05) is 12.1 Å². The van der Waals surface area contributed by atoms with E-state index in [0.29, 0.717) is 15.4 Å². The Morgan fingerprint density at radius 2 is 1.90 bits per heavy atom. The molecule has 0 aliphatic rings. The standard InChI is InChI=1S/C12H8F3NO2S2/c1-6-9(11(17)18)16-10(19-6)7-2-4-8(5-3-7)20-12(13,14)15/h2-5H,1H3,(H,17,18). The monoisotopic (exact) mass is 319 g/mol. The van der Waals surface area contributed by atoms with Crippen LogP contribution in [0.2, 0.25) is 0 Å². The van der Waals surface area contributed by atoms with Crippen LogP contribution >= 0.6 is 23.1 Å². The van der Waals surface area contributed by atoms with Gasteiger partial charge in [0.2, 0.25) is 0 Å². The van der Waals surface area contributed by atoms with Gasteiger partial charge in [-0.05, 0) is 30.8 Å². The number of aromatic nitrogens is 1. The van der Waals surface area contributed by atoms with Gasteiger partial charge in [0.1, 0.15) is 5.01 Å². The lowest BCUT2D eigenvalue weighted by Gasteiger charge is -2.05. The van der Waals surface area contributed by atoms with Crippen molar-refractivity contribution in [2.45, 2.75) is 17.3 Å². The number of thiazole rings is 1. The molecule has 0 bridgehead atoms. The molecule has 0 radical (unpaired) electrons. The molecule has 8 heteroatoms. The fourth-order valence-electron chi connectivity index (χ4n) is 1.52. The molecule has 2 aromatic rings. The average Bonchev–Trinajstić information content (AvgIpc) is 2.70. The largest absolute Gasteiger partial charge is 0.476 e. The molecule has 0 saturated carbocycles. The number of carbonyl (C=O) groups is 1. The summed E-state index contributed by atoms with van der Waals surface area (Å²) >= 11 is 1.00. The third kappa shape index (κ3) is 3.51. The molecule has 106 valence electrons. The van der Waals surface area contributed by atoms with Crippen molar-refractivity contribution in [1.29, 1.82) is 0 Å². The zero-order valence-electron chi connectivity index (χ0n) is 10.1. The van der Waals surface area contributed by atoms with Crippen LogP contribution in [0.15, 0.2) is 29.2 Å². The van der Waals surface area contributed by atoms with E-state index < -0.39 is 11.5 Å². The van der Waals surface area contributed by atoms with Gasteiger partial charge < -0.3 is 5.11 Å². The van der Waals surface area contributed by atoms with Crippen molar-refractivity contribution in [3.8, 4) is 10.6 Å². The maximum absolute atomic E-state index is 12.2. The van der Waals surface area contributed by atoms with Gasteiger partial charge in [0, 0.05) is 15.3 Å². The Balaban J connectivity index is 2.26. The van der Waals surface area contributed by atoms with E-state index in [2.05, 4.69) is 4.98 Å². The minimum atomic E-state index is -4.32. The van der Waals surface area contributed by atoms with Crippen molar-refractivity contribution in [2.24, 2.45) is 0 Å². The van der Waals surface area contributed by atoms with E-state index in [1.165, 1.54) is 35.6 Å². The number of hydrogen-bond donors (Lipinski definition) is 1. The van der Waals surface area contributed by atoms with Crippen molar-refractivity contribution >= 4 is 29.1 Å². The van der Waals surface area contributed by atoms with Gasteiger partial charge in [0.25, 0.3) is 0 Å². The minimum absolute atomic E-state index is 0.0289.